The highest BCUT2D eigenvalue weighted by Gasteiger charge is 2.28. The molecule has 0 radical (unpaired) electrons. The van der Waals surface area contributed by atoms with Gasteiger partial charge in [0.1, 0.15) is 0 Å². The van der Waals surface area contributed by atoms with Crippen molar-refractivity contribution in [2.45, 2.75) is 64.5 Å². The molecule has 2 fully saturated rings. The van der Waals surface area contributed by atoms with Gasteiger partial charge in [-0.1, -0.05) is 33.1 Å². The average Bonchev–Trinajstić information content (AvgIpc) is 2.39. The summed E-state index contributed by atoms with van der Waals surface area (Å²) in [6.07, 6.45) is 7.27. The Morgan fingerprint density at radius 2 is 2.05 bits per heavy atom. The highest BCUT2D eigenvalue weighted by molar-refractivity contribution is 5.75. The Morgan fingerprint density at radius 3 is 2.74 bits per heavy atom. The van der Waals surface area contributed by atoms with Gasteiger partial charge in [-0.15, -0.1) is 0 Å². The summed E-state index contributed by atoms with van der Waals surface area (Å²) in [6, 6.07) is 0.937. The number of urea groups is 1. The predicted octanol–water partition coefficient (Wildman–Crippen LogP) is 2.35. The Labute approximate surface area is 117 Å². The molecular formula is C15H29N3O. The predicted molar refractivity (Wildman–Crippen MR) is 78.2 cm³/mol. The van der Waals surface area contributed by atoms with Crippen LogP contribution in [0.25, 0.3) is 0 Å². The minimum absolute atomic E-state index is 0.166. The van der Waals surface area contributed by atoms with Crippen LogP contribution in [0.4, 0.5) is 4.79 Å². The summed E-state index contributed by atoms with van der Waals surface area (Å²) < 4.78 is 0. The Kier molecular flexibility index (Phi) is 5.49. The topological polar surface area (TPSA) is 44.4 Å². The maximum atomic E-state index is 12.4. The van der Waals surface area contributed by atoms with Gasteiger partial charge in [-0.25, -0.2) is 4.79 Å². The number of hydrogen-bond donors (Lipinski definition) is 2. The molecule has 0 spiro atoms. The van der Waals surface area contributed by atoms with Crippen LogP contribution >= 0.6 is 0 Å². The standard InChI is InChI=1S/C15H29N3O/c1-12(2)10-14-11-16-8-9-18(14)15(19)17-13-6-4-3-5-7-13/h12-14,16H,3-11H2,1-2H3,(H,17,19). The summed E-state index contributed by atoms with van der Waals surface area (Å²) in [4.78, 5) is 14.5. The van der Waals surface area contributed by atoms with Gasteiger partial charge in [0.15, 0.2) is 0 Å². The number of piperazine rings is 1. The van der Waals surface area contributed by atoms with Crippen LogP contribution in [-0.2, 0) is 0 Å². The summed E-state index contributed by atoms with van der Waals surface area (Å²) in [7, 11) is 0. The van der Waals surface area contributed by atoms with Gasteiger partial charge in [0, 0.05) is 31.7 Å². The molecule has 0 aromatic rings. The van der Waals surface area contributed by atoms with Crippen molar-refractivity contribution >= 4 is 6.03 Å². The third kappa shape index (κ3) is 4.37. The average molecular weight is 267 g/mol. The zero-order valence-corrected chi connectivity index (χ0v) is 12.5. The number of carbonyl (C=O) groups is 1. The van der Waals surface area contributed by atoms with Crippen molar-refractivity contribution in [3.05, 3.63) is 0 Å². The lowest BCUT2D eigenvalue weighted by molar-refractivity contribution is 0.142. The maximum absolute atomic E-state index is 12.4. The second-order valence-electron chi connectivity index (χ2n) is 6.47. The van der Waals surface area contributed by atoms with Crippen molar-refractivity contribution < 1.29 is 4.79 Å². The first-order valence-corrected chi connectivity index (χ1v) is 7.94. The van der Waals surface area contributed by atoms with Crippen molar-refractivity contribution in [3.8, 4) is 0 Å². The van der Waals surface area contributed by atoms with E-state index in [1.807, 2.05) is 0 Å². The number of hydrogen-bond acceptors (Lipinski definition) is 2. The first-order chi connectivity index (χ1) is 9.16. The van der Waals surface area contributed by atoms with E-state index >= 15 is 0 Å². The number of nitrogens with zero attached hydrogens (tertiary/aromatic N) is 1. The number of amides is 2. The van der Waals surface area contributed by atoms with E-state index in [1.165, 1.54) is 19.3 Å². The molecule has 19 heavy (non-hydrogen) atoms. The smallest absolute Gasteiger partial charge is 0.317 e. The van der Waals surface area contributed by atoms with Gasteiger partial charge in [-0.2, -0.15) is 0 Å². The molecule has 1 aliphatic heterocycles. The molecule has 1 unspecified atom stereocenters. The molecule has 1 atom stereocenters. The van der Waals surface area contributed by atoms with Gasteiger partial charge in [0.05, 0.1) is 0 Å². The van der Waals surface area contributed by atoms with E-state index in [1.54, 1.807) is 0 Å². The Bertz CT molecular complexity index is 287. The van der Waals surface area contributed by atoms with Crippen LogP contribution in [0.3, 0.4) is 0 Å². The van der Waals surface area contributed by atoms with Gasteiger partial charge >= 0.3 is 6.03 Å². The van der Waals surface area contributed by atoms with E-state index in [0.717, 1.165) is 38.9 Å². The number of carbonyl (C=O) groups excluding carboxylic acids is 1. The fourth-order valence-corrected chi connectivity index (χ4v) is 3.29. The Morgan fingerprint density at radius 1 is 1.32 bits per heavy atom. The lowest BCUT2D eigenvalue weighted by Gasteiger charge is -2.38. The molecule has 2 rings (SSSR count). The molecule has 2 aliphatic rings. The summed E-state index contributed by atoms with van der Waals surface area (Å²) in [5.41, 5.74) is 0. The zero-order chi connectivity index (χ0) is 13.7. The molecule has 0 bridgehead atoms. The van der Waals surface area contributed by atoms with Crippen LogP contribution in [-0.4, -0.2) is 42.6 Å². The fourth-order valence-electron chi connectivity index (χ4n) is 3.29. The minimum Gasteiger partial charge on any atom is -0.335 e. The Balaban J connectivity index is 1.87. The summed E-state index contributed by atoms with van der Waals surface area (Å²) in [5, 5.41) is 6.66. The first-order valence-electron chi connectivity index (χ1n) is 7.94. The molecular weight excluding hydrogens is 238 g/mol. The van der Waals surface area contributed by atoms with Gasteiger partial charge < -0.3 is 15.5 Å². The van der Waals surface area contributed by atoms with Crippen molar-refractivity contribution in [3.63, 3.8) is 0 Å². The van der Waals surface area contributed by atoms with Crippen molar-refractivity contribution in [1.29, 1.82) is 0 Å². The van der Waals surface area contributed by atoms with E-state index in [0.29, 0.717) is 18.0 Å². The highest BCUT2D eigenvalue weighted by Crippen LogP contribution is 2.19. The molecule has 1 heterocycles. The second-order valence-corrected chi connectivity index (χ2v) is 6.47. The van der Waals surface area contributed by atoms with Crippen molar-refractivity contribution in [2.24, 2.45) is 5.92 Å². The fraction of sp³-hybridized carbons (Fsp3) is 0.933. The van der Waals surface area contributed by atoms with E-state index in [4.69, 9.17) is 0 Å². The monoisotopic (exact) mass is 267 g/mol. The number of nitrogens with one attached hydrogen (secondary N) is 2. The van der Waals surface area contributed by atoms with E-state index in [2.05, 4.69) is 29.4 Å². The summed E-state index contributed by atoms with van der Waals surface area (Å²) in [5.74, 6) is 0.634. The quantitative estimate of drug-likeness (QED) is 0.824. The zero-order valence-electron chi connectivity index (χ0n) is 12.5. The van der Waals surface area contributed by atoms with Crippen LogP contribution in [0, 0.1) is 5.92 Å². The third-order valence-electron chi connectivity index (χ3n) is 4.29. The normalized spacial score (nSPS) is 25.6. The lowest BCUT2D eigenvalue weighted by Crippen LogP contribution is -2.58. The molecule has 0 aromatic heterocycles. The van der Waals surface area contributed by atoms with Crippen LogP contribution < -0.4 is 10.6 Å². The maximum Gasteiger partial charge on any atom is 0.317 e. The molecule has 4 heteroatoms. The molecule has 4 nitrogen and oxygen atoms in total. The van der Waals surface area contributed by atoms with Crippen LogP contribution in [0.5, 0.6) is 0 Å². The first kappa shape index (κ1) is 14.6. The van der Waals surface area contributed by atoms with Gasteiger partial charge in [-0.3, -0.25) is 0 Å². The van der Waals surface area contributed by atoms with Crippen molar-refractivity contribution in [1.82, 2.24) is 15.5 Å². The summed E-state index contributed by atoms with van der Waals surface area (Å²) in [6.45, 7) is 7.16. The van der Waals surface area contributed by atoms with Crippen LogP contribution in [0.15, 0.2) is 0 Å². The van der Waals surface area contributed by atoms with Gasteiger partial charge in [-0.05, 0) is 25.2 Å². The molecule has 0 aromatic carbocycles. The van der Waals surface area contributed by atoms with E-state index in [-0.39, 0.29) is 6.03 Å². The van der Waals surface area contributed by atoms with Gasteiger partial charge in [0.25, 0.3) is 0 Å². The molecule has 1 saturated heterocycles. The third-order valence-corrected chi connectivity index (χ3v) is 4.29. The molecule has 2 N–H and O–H groups in total. The number of rotatable bonds is 3. The lowest BCUT2D eigenvalue weighted by atomic mass is 9.95. The largest absolute Gasteiger partial charge is 0.335 e. The van der Waals surface area contributed by atoms with Crippen LogP contribution in [0.2, 0.25) is 0 Å². The Hall–Kier alpha value is -0.770. The SMILES string of the molecule is CC(C)CC1CNCCN1C(=O)NC1CCCCC1. The van der Waals surface area contributed by atoms with Crippen molar-refractivity contribution in [2.75, 3.05) is 19.6 Å². The molecule has 2 amide bonds. The van der Waals surface area contributed by atoms with E-state index < -0.39 is 0 Å². The van der Waals surface area contributed by atoms with Gasteiger partial charge in [0.2, 0.25) is 0 Å². The molecule has 1 aliphatic carbocycles. The molecule has 1 saturated carbocycles. The highest BCUT2D eigenvalue weighted by atomic mass is 16.2. The summed E-state index contributed by atoms with van der Waals surface area (Å²) >= 11 is 0. The minimum atomic E-state index is 0.166. The molecule has 110 valence electrons. The van der Waals surface area contributed by atoms with E-state index in [9.17, 15) is 4.79 Å². The van der Waals surface area contributed by atoms with Crippen LogP contribution in [0.1, 0.15) is 52.4 Å². The second kappa shape index (κ2) is 7.13.